The fourth-order valence-corrected chi connectivity index (χ4v) is 0.905. The molecule has 0 radical (unpaired) electrons. The van der Waals surface area contributed by atoms with Crippen molar-refractivity contribution in [1.29, 1.82) is 0 Å². The number of nitrogen functional groups attached to an aromatic ring is 1. The van der Waals surface area contributed by atoms with Gasteiger partial charge in [-0.05, 0) is 24.6 Å². The Balaban J connectivity index is 2.41. The summed E-state index contributed by atoms with van der Waals surface area (Å²) in [7, 11) is 0. The van der Waals surface area contributed by atoms with Crippen molar-refractivity contribution in [1.82, 2.24) is 0 Å². The number of aliphatic hydroxyl groups is 1. The Morgan fingerprint density at radius 1 is 1.38 bits per heavy atom. The fraction of sp³-hybridized carbons (Fsp3) is 0.400. The number of hydrogen-bond donors (Lipinski definition) is 2. The van der Waals surface area contributed by atoms with Crippen LogP contribution in [0.2, 0.25) is 0 Å². The summed E-state index contributed by atoms with van der Waals surface area (Å²) < 4.78 is 5.33. The zero-order valence-electron chi connectivity index (χ0n) is 7.73. The van der Waals surface area contributed by atoms with Crippen molar-refractivity contribution in [3.63, 3.8) is 0 Å². The van der Waals surface area contributed by atoms with Crippen molar-refractivity contribution in [3.05, 3.63) is 29.8 Å². The maximum atomic E-state index is 8.71. The zero-order chi connectivity index (χ0) is 9.68. The van der Waals surface area contributed by atoms with Crippen LogP contribution < -0.4 is 5.73 Å². The SMILES string of the molecule is CC(CO)OCc1ccc(N)cc1. The first-order chi connectivity index (χ1) is 6.22. The first-order valence-electron chi connectivity index (χ1n) is 4.29. The molecule has 3 heteroatoms. The molecule has 0 bridgehead atoms. The van der Waals surface area contributed by atoms with Gasteiger partial charge in [0.25, 0.3) is 0 Å². The third-order valence-electron chi connectivity index (χ3n) is 1.77. The van der Waals surface area contributed by atoms with Crippen molar-refractivity contribution < 1.29 is 9.84 Å². The first-order valence-corrected chi connectivity index (χ1v) is 4.29. The summed E-state index contributed by atoms with van der Waals surface area (Å²) in [6.07, 6.45) is -0.113. The first kappa shape index (κ1) is 10.0. The van der Waals surface area contributed by atoms with Gasteiger partial charge in [-0.15, -0.1) is 0 Å². The van der Waals surface area contributed by atoms with Gasteiger partial charge in [0.05, 0.1) is 19.3 Å². The van der Waals surface area contributed by atoms with Crippen LogP contribution in [0.5, 0.6) is 0 Å². The Hall–Kier alpha value is -1.06. The van der Waals surface area contributed by atoms with Gasteiger partial charge in [-0.3, -0.25) is 0 Å². The Morgan fingerprint density at radius 3 is 2.54 bits per heavy atom. The Kier molecular flexibility index (Phi) is 3.73. The summed E-state index contributed by atoms with van der Waals surface area (Å²) in [6, 6.07) is 7.50. The van der Waals surface area contributed by atoms with Gasteiger partial charge in [0, 0.05) is 5.69 Å². The molecule has 0 saturated carbocycles. The number of rotatable bonds is 4. The molecule has 0 aromatic heterocycles. The van der Waals surface area contributed by atoms with Gasteiger partial charge in [-0.25, -0.2) is 0 Å². The monoisotopic (exact) mass is 181 g/mol. The molecule has 3 nitrogen and oxygen atoms in total. The van der Waals surface area contributed by atoms with Gasteiger partial charge < -0.3 is 15.6 Å². The predicted octanol–water partition coefficient (Wildman–Crippen LogP) is 1.17. The van der Waals surface area contributed by atoms with E-state index < -0.39 is 0 Å². The standard InChI is InChI=1S/C10H15NO2/c1-8(6-12)13-7-9-2-4-10(11)5-3-9/h2-5,8,12H,6-7,11H2,1H3. The van der Waals surface area contributed by atoms with E-state index in [4.69, 9.17) is 15.6 Å². The second-order valence-electron chi connectivity index (χ2n) is 3.05. The van der Waals surface area contributed by atoms with Crippen LogP contribution in [0.25, 0.3) is 0 Å². The molecule has 0 spiro atoms. The third kappa shape index (κ3) is 3.44. The van der Waals surface area contributed by atoms with E-state index >= 15 is 0 Å². The van der Waals surface area contributed by atoms with Crippen LogP contribution in [0.15, 0.2) is 24.3 Å². The van der Waals surface area contributed by atoms with E-state index in [1.807, 2.05) is 31.2 Å². The van der Waals surface area contributed by atoms with Gasteiger partial charge in [0.15, 0.2) is 0 Å². The maximum Gasteiger partial charge on any atom is 0.0782 e. The van der Waals surface area contributed by atoms with Crippen LogP contribution in [-0.2, 0) is 11.3 Å². The number of nitrogens with two attached hydrogens (primary N) is 1. The molecular formula is C10H15NO2. The zero-order valence-corrected chi connectivity index (χ0v) is 7.73. The average molecular weight is 181 g/mol. The maximum absolute atomic E-state index is 8.71. The molecule has 0 fully saturated rings. The number of anilines is 1. The van der Waals surface area contributed by atoms with Crippen molar-refractivity contribution in [3.8, 4) is 0 Å². The number of aliphatic hydroxyl groups excluding tert-OH is 1. The summed E-state index contributed by atoms with van der Waals surface area (Å²) in [5.41, 5.74) is 7.34. The van der Waals surface area contributed by atoms with Crippen LogP contribution in [-0.4, -0.2) is 17.8 Å². The number of benzene rings is 1. The van der Waals surface area contributed by atoms with Gasteiger partial charge in [-0.1, -0.05) is 12.1 Å². The summed E-state index contributed by atoms with van der Waals surface area (Å²) in [6.45, 7) is 2.40. The molecule has 0 aliphatic rings. The van der Waals surface area contributed by atoms with Crippen LogP contribution >= 0.6 is 0 Å². The van der Waals surface area contributed by atoms with E-state index in [-0.39, 0.29) is 12.7 Å². The van der Waals surface area contributed by atoms with E-state index in [1.54, 1.807) is 0 Å². The van der Waals surface area contributed by atoms with E-state index in [9.17, 15) is 0 Å². The van der Waals surface area contributed by atoms with Crippen LogP contribution in [0.1, 0.15) is 12.5 Å². The largest absolute Gasteiger partial charge is 0.399 e. The number of hydrogen-bond acceptors (Lipinski definition) is 3. The van der Waals surface area contributed by atoms with E-state index in [1.165, 1.54) is 0 Å². The van der Waals surface area contributed by atoms with Crippen LogP contribution in [0.3, 0.4) is 0 Å². The molecule has 1 atom stereocenters. The lowest BCUT2D eigenvalue weighted by Gasteiger charge is -2.09. The molecule has 1 aromatic rings. The molecule has 1 unspecified atom stereocenters. The third-order valence-corrected chi connectivity index (χ3v) is 1.77. The van der Waals surface area contributed by atoms with Gasteiger partial charge >= 0.3 is 0 Å². The molecule has 0 aliphatic carbocycles. The normalized spacial score (nSPS) is 12.8. The summed E-state index contributed by atoms with van der Waals surface area (Å²) in [4.78, 5) is 0. The molecule has 0 aliphatic heterocycles. The molecule has 13 heavy (non-hydrogen) atoms. The molecule has 0 amide bonds. The van der Waals surface area contributed by atoms with Crippen LogP contribution in [0, 0.1) is 0 Å². The van der Waals surface area contributed by atoms with Gasteiger partial charge in [0.1, 0.15) is 0 Å². The summed E-state index contributed by atoms with van der Waals surface area (Å²) in [5, 5.41) is 8.71. The topological polar surface area (TPSA) is 55.5 Å². The second-order valence-corrected chi connectivity index (χ2v) is 3.05. The molecule has 0 heterocycles. The Bertz CT molecular complexity index is 246. The lowest BCUT2D eigenvalue weighted by molar-refractivity contribution is 0.0145. The smallest absolute Gasteiger partial charge is 0.0782 e. The van der Waals surface area contributed by atoms with Crippen molar-refractivity contribution in [2.75, 3.05) is 12.3 Å². The van der Waals surface area contributed by atoms with Crippen molar-refractivity contribution in [2.24, 2.45) is 0 Å². The van der Waals surface area contributed by atoms with E-state index in [0.29, 0.717) is 6.61 Å². The summed E-state index contributed by atoms with van der Waals surface area (Å²) >= 11 is 0. The van der Waals surface area contributed by atoms with E-state index in [2.05, 4.69) is 0 Å². The van der Waals surface area contributed by atoms with Crippen LogP contribution in [0.4, 0.5) is 5.69 Å². The second kappa shape index (κ2) is 4.84. The molecule has 3 N–H and O–H groups in total. The highest BCUT2D eigenvalue weighted by Gasteiger charge is 1.99. The van der Waals surface area contributed by atoms with Gasteiger partial charge in [0.2, 0.25) is 0 Å². The summed E-state index contributed by atoms with van der Waals surface area (Å²) in [5.74, 6) is 0. The minimum absolute atomic E-state index is 0.0506. The minimum Gasteiger partial charge on any atom is -0.399 e. The molecule has 72 valence electrons. The highest BCUT2D eigenvalue weighted by atomic mass is 16.5. The lowest BCUT2D eigenvalue weighted by Crippen LogP contribution is -2.12. The van der Waals surface area contributed by atoms with E-state index in [0.717, 1.165) is 11.3 Å². The molecule has 0 saturated heterocycles. The fourth-order valence-electron chi connectivity index (χ4n) is 0.905. The minimum atomic E-state index is -0.113. The number of ether oxygens (including phenoxy) is 1. The molecule has 1 aromatic carbocycles. The average Bonchev–Trinajstić information content (AvgIpc) is 2.16. The highest BCUT2D eigenvalue weighted by molar-refractivity contribution is 5.39. The lowest BCUT2D eigenvalue weighted by atomic mass is 10.2. The Labute approximate surface area is 78.1 Å². The highest BCUT2D eigenvalue weighted by Crippen LogP contribution is 2.07. The molecular weight excluding hydrogens is 166 g/mol. The Morgan fingerprint density at radius 2 is 2.00 bits per heavy atom. The van der Waals surface area contributed by atoms with Crippen molar-refractivity contribution in [2.45, 2.75) is 19.6 Å². The van der Waals surface area contributed by atoms with Gasteiger partial charge in [-0.2, -0.15) is 0 Å². The van der Waals surface area contributed by atoms with Crippen molar-refractivity contribution >= 4 is 5.69 Å². The predicted molar refractivity (Wildman–Crippen MR) is 52.2 cm³/mol. The molecule has 1 rings (SSSR count). The quantitative estimate of drug-likeness (QED) is 0.685.